The summed E-state index contributed by atoms with van der Waals surface area (Å²) in [6.07, 6.45) is 0.790. The molecule has 0 radical (unpaired) electrons. The van der Waals surface area contributed by atoms with E-state index in [4.69, 9.17) is 28.0 Å². The molecule has 3 aromatic carbocycles. The SMILES string of the molecule is C=c1nc2c(c(=O)[nH]1)=Nc1cc(C)c(C)cc1N2CCNCCCC(N)(C(=O)O)C(F)F.C=c1nc2c(c(=O)[nH]1)=Nc1cc(C)c(C)cc1N2CCNCCCCCN.C=c1nc2c(c(=O)[nH]1)=Nc1cc(C)c(C)cc1N2CCNCCCN=C(N)N. The molecule has 0 fully saturated rings. The van der Waals surface area contributed by atoms with Crippen molar-refractivity contribution in [2.45, 2.75) is 92.0 Å². The topological polar surface area (TPSA) is 374 Å². The molecule has 0 spiro atoms. The largest absolute Gasteiger partial charge is 0.480 e. The van der Waals surface area contributed by atoms with Gasteiger partial charge < -0.3 is 73.6 Å². The summed E-state index contributed by atoms with van der Waals surface area (Å²) in [5, 5.41) is 19.8. The summed E-state index contributed by atoms with van der Waals surface area (Å²) in [7, 11) is 0. The summed E-state index contributed by atoms with van der Waals surface area (Å²) in [5.74, 6) is -0.114. The van der Waals surface area contributed by atoms with Crippen molar-refractivity contribution in [1.29, 1.82) is 0 Å². The Morgan fingerprint density at radius 1 is 0.575 bits per heavy atom. The van der Waals surface area contributed by atoms with Gasteiger partial charge in [0.2, 0.25) is 0 Å². The number of nitrogens with zero attached hydrogens (tertiary/aromatic N) is 10. The van der Waals surface area contributed by atoms with Gasteiger partial charge in [0.05, 0.1) is 34.1 Å². The van der Waals surface area contributed by atoms with Crippen molar-refractivity contribution in [1.82, 2.24) is 45.9 Å². The molecule has 0 saturated carbocycles. The minimum atomic E-state index is -3.15. The molecule has 15 N–H and O–H groups in total. The molecule has 25 nitrogen and oxygen atoms in total. The number of carboxylic acids is 1. The van der Waals surface area contributed by atoms with Crippen molar-refractivity contribution in [3.63, 3.8) is 0 Å². The molecule has 1 unspecified atom stereocenters. The number of anilines is 6. The number of rotatable bonds is 24. The molecule has 6 aromatic rings. The highest BCUT2D eigenvalue weighted by molar-refractivity contribution is 5.80. The number of fused-ring (bicyclic) bond motifs is 6. The summed E-state index contributed by atoms with van der Waals surface area (Å²) in [6, 6.07) is 12.1. The zero-order valence-electron chi connectivity index (χ0n) is 50.3. The molecule has 9 rings (SSSR count). The minimum absolute atomic E-state index is 0.108. The lowest BCUT2D eigenvalue weighted by atomic mass is 9.95. The van der Waals surface area contributed by atoms with Crippen LogP contribution in [0.3, 0.4) is 0 Å². The highest BCUT2D eigenvalue weighted by atomic mass is 19.3. The number of nitrogens with two attached hydrogens (primary N) is 4. The van der Waals surface area contributed by atoms with E-state index in [2.05, 4.69) is 123 Å². The normalized spacial score (nSPS) is 13.1. The Morgan fingerprint density at radius 3 is 1.25 bits per heavy atom. The fraction of sp³-hybridized carbons (Fsp3) is 0.417. The van der Waals surface area contributed by atoms with Crippen LogP contribution in [0.25, 0.3) is 19.7 Å². The monoisotopic (exact) mass is 1200 g/mol. The third-order valence-corrected chi connectivity index (χ3v) is 15.0. The fourth-order valence-electron chi connectivity index (χ4n) is 9.77. The number of nitrogens with one attached hydrogen (secondary N) is 6. The first kappa shape index (κ1) is 65.6. The van der Waals surface area contributed by atoms with Crippen LogP contribution in [0.2, 0.25) is 0 Å². The highest BCUT2D eigenvalue weighted by Crippen LogP contribution is 2.39. The molecule has 0 amide bonds. The van der Waals surface area contributed by atoms with E-state index >= 15 is 0 Å². The first-order chi connectivity index (χ1) is 41.4. The van der Waals surface area contributed by atoms with Crippen molar-refractivity contribution in [3.8, 4) is 0 Å². The first-order valence-electron chi connectivity index (χ1n) is 28.8. The Balaban J connectivity index is 0.000000187. The molecule has 87 heavy (non-hydrogen) atoms. The molecule has 3 aliphatic rings. The van der Waals surface area contributed by atoms with Gasteiger partial charge in [-0.25, -0.2) is 43.5 Å². The van der Waals surface area contributed by atoms with Gasteiger partial charge in [-0.05, 0) is 170 Å². The predicted octanol–water partition coefficient (Wildman–Crippen LogP) is 0.988. The number of benzene rings is 3. The lowest BCUT2D eigenvalue weighted by Crippen LogP contribution is -2.54. The van der Waals surface area contributed by atoms with Crippen LogP contribution in [-0.4, -0.2) is 131 Å². The maximum Gasteiger partial charge on any atom is 0.329 e. The standard InChI is InChI=1S/C21H26F2N6O3.C20H28N6O.C19H26N8O/c1-11-9-14-15(10-12(11)2)29(17-16(28-14)18(30)27-13(3)26-17)8-7-25-6-4-5-21(24,19(22)23)20(31)32;1-13-11-16-17(12-14(13)2)26(10-9-22-8-6-4-5-7-21)19-18(25-16)20(27)24-15(3)23-19;1-11-9-14-15(10-12(11)2)27(8-7-22-5-4-6-23-19(20)21)17-16(26-14)18(28)25-13(3)24-17/h9-10,19,25H,3-8,24H2,1-2H3,(H,27,30)(H,31,32);11-12,22H,3-10,21H2,1-2H3,(H,24,27);9-10,22H,3-8H2,1-2H3,(H,25,28)(H4,20,21,23). The van der Waals surface area contributed by atoms with Crippen molar-refractivity contribution < 1.29 is 18.7 Å². The second kappa shape index (κ2) is 29.5. The number of carbonyl (C=O) groups is 1. The fourth-order valence-corrected chi connectivity index (χ4v) is 9.77. The minimum Gasteiger partial charge on any atom is -0.480 e. The van der Waals surface area contributed by atoms with Gasteiger partial charge in [-0.2, -0.15) is 0 Å². The average molecular weight is 1200 g/mol. The summed E-state index contributed by atoms with van der Waals surface area (Å²) in [5.41, 5.74) is 30.6. The number of halogens is 2. The van der Waals surface area contributed by atoms with Crippen LogP contribution < -0.4 is 103 Å². The van der Waals surface area contributed by atoms with E-state index in [0.717, 1.165) is 108 Å². The second-order valence-electron chi connectivity index (χ2n) is 21.6. The number of aliphatic imine (C=N–C) groups is 1. The number of unbranched alkanes of at least 4 members (excludes halogenated alkanes) is 2. The van der Waals surface area contributed by atoms with Gasteiger partial charge in [0.1, 0.15) is 16.4 Å². The molecule has 0 bridgehead atoms. The summed E-state index contributed by atoms with van der Waals surface area (Å²) < 4.78 is 26.0. The van der Waals surface area contributed by atoms with Crippen LogP contribution in [-0.2, 0) is 4.79 Å². The van der Waals surface area contributed by atoms with Crippen LogP contribution in [0.5, 0.6) is 0 Å². The number of guanidine groups is 1. The zero-order chi connectivity index (χ0) is 63.3. The molecule has 0 aliphatic carbocycles. The van der Waals surface area contributed by atoms with Gasteiger partial charge in [0.25, 0.3) is 23.1 Å². The van der Waals surface area contributed by atoms with Gasteiger partial charge >= 0.3 is 5.97 Å². The van der Waals surface area contributed by atoms with Crippen molar-refractivity contribution in [2.24, 2.45) is 42.9 Å². The molecule has 6 heterocycles. The number of aliphatic carboxylic acids is 1. The number of carboxylic acid groups (broad SMARTS) is 1. The summed E-state index contributed by atoms with van der Waals surface area (Å²) >= 11 is 0. The average Bonchev–Trinajstić information content (AvgIpc) is 1.50. The molecule has 0 saturated heterocycles. The van der Waals surface area contributed by atoms with Crippen molar-refractivity contribution >= 4 is 83.2 Å². The predicted molar refractivity (Wildman–Crippen MR) is 338 cm³/mol. The van der Waals surface area contributed by atoms with Gasteiger partial charge in [0, 0.05) is 45.8 Å². The van der Waals surface area contributed by atoms with Gasteiger partial charge in [-0.3, -0.25) is 19.4 Å². The molecular weight excluding hydrogens is 1120 g/mol. The Kier molecular flexibility index (Phi) is 22.2. The lowest BCUT2D eigenvalue weighted by molar-refractivity contribution is -0.150. The molecule has 1 atom stereocenters. The first-order valence-corrected chi connectivity index (χ1v) is 28.8. The van der Waals surface area contributed by atoms with E-state index in [1.54, 1.807) is 0 Å². The number of hydrogen-bond acceptors (Lipinski definition) is 19. The van der Waals surface area contributed by atoms with Crippen LogP contribution in [0.4, 0.5) is 60.4 Å². The summed E-state index contributed by atoms with van der Waals surface area (Å²) in [4.78, 5) is 92.9. The Hall–Kier alpha value is -8.89. The smallest absolute Gasteiger partial charge is 0.329 e. The van der Waals surface area contributed by atoms with Crippen LogP contribution in [0.1, 0.15) is 71.9 Å². The number of aromatic amines is 3. The lowest BCUT2D eigenvalue weighted by Gasteiger charge is -2.29. The molecule has 3 aliphatic heterocycles. The summed E-state index contributed by atoms with van der Waals surface area (Å²) in [6.45, 7) is 30.5. The number of aromatic nitrogens is 6. The van der Waals surface area contributed by atoms with E-state index in [0.29, 0.717) is 90.6 Å². The third-order valence-electron chi connectivity index (χ3n) is 15.0. The number of alkyl halides is 2. The quantitative estimate of drug-likeness (QED) is 0.0229. The van der Waals surface area contributed by atoms with E-state index in [-0.39, 0.29) is 46.3 Å². The van der Waals surface area contributed by atoms with Gasteiger partial charge in [-0.15, -0.1) is 0 Å². The number of hydrogen-bond donors (Lipinski definition) is 11. The Bertz CT molecular complexity index is 4080. The molecule has 464 valence electrons. The Labute approximate surface area is 501 Å². The second-order valence-corrected chi connectivity index (χ2v) is 21.6. The van der Waals surface area contributed by atoms with Gasteiger partial charge in [-0.1, -0.05) is 26.2 Å². The van der Waals surface area contributed by atoms with Crippen LogP contribution in [0.15, 0.2) is 70.8 Å². The van der Waals surface area contributed by atoms with E-state index in [9.17, 15) is 28.0 Å². The molecule has 3 aromatic heterocycles. The van der Waals surface area contributed by atoms with E-state index in [1.165, 1.54) is 5.56 Å². The third kappa shape index (κ3) is 16.2. The van der Waals surface area contributed by atoms with E-state index in [1.807, 2.05) is 54.8 Å². The molecular formula is C60H80F2N20O5. The Morgan fingerprint density at radius 2 is 0.920 bits per heavy atom. The maximum absolute atomic E-state index is 13.0. The molecule has 27 heteroatoms. The van der Waals surface area contributed by atoms with Crippen LogP contribution >= 0.6 is 0 Å². The van der Waals surface area contributed by atoms with Crippen molar-refractivity contribution in [3.05, 3.63) is 133 Å². The number of aryl methyl sites for hydroxylation is 6. The zero-order valence-corrected chi connectivity index (χ0v) is 50.3. The number of H-pyrrole nitrogens is 3. The van der Waals surface area contributed by atoms with E-state index < -0.39 is 17.9 Å². The van der Waals surface area contributed by atoms with Crippen LogP contribution in [0, 0.1) is 41.5 Å². The maximum atomic E-state index is 13.0. The highest BCUT2D eigenvalue weighted by Gasteiger charge is 2.43. The van der Waals surface area contributed by atoms with Gasteiger partial charge in [0.15, 0.2) is 45.0 Å². The van der Waals surface area contributed by atoms with Crippen molar-refractivity contribution in [2.75, 3.05) is 86.7 Å².